The Morgan fingerprint density at radius 1 is 1.35 bits per heavy atom. The number of benzene rings is 1. The lowest BCUT2D eigenvalue weighted by Gasteiger charge is -2.33. The summed E-state index contributed by atoms with van der Waals surface area (Å²) in [5.74, 6) is 0.141. The molecule has 2 rings (SSSR count). The maximum Gasteiger partial charge on any atom is 0.224 e. The number of carbonyl (C=O) groups excluding carboxylic acids is 1. The lowest BCUT2D eigenvalue weighted by Crippen LogP contribution is -2.44. The number of hydrogen-bond donors (Lipinski definition) is 1. The average molecular weight is 275 g/mol. The van der Waals surface area contributed by atoms with E-state index in [-0.39, 0.29) is 11.9 Å². The number of amides is 1. The normalized spacial score (nSPS) is 16.2. The van der Waals surface area contributed by atoms with Crippen LogP contribution in [0.5, 0.6) is 0 Å². The summed E-state index contributed by atoms with van der Waals surface area (Å²) in [5.41, 5.74) is 8.58. The minimum Gasteiger partial charge on any atom is -0.367 e. The molecular formula is C16H25N3O. The maximum absolute atomic E-state index is 12.0. The highest BCUT2D eigenvalue weighted by Gasteiger charge is 2.24. The molecule has 0 radical (unpaired) electrons. The molecule has 0 bridgehead atoms. The molecule has 1 atom stereocenters. The number of aryl methyl sites for hydroxylation is 1. The van der Waals surface area contributed by atoms with Crippen LogP contribution in [0, 0.1) is 0 Å². The van der Waals surface area contributed by atoms with Crippen molar-refractivity contribution in [1.82, 2.24) is 4.90 Å². The van der Waals surface area contributed by atoms with Crippen molar-refractivity contribution in [2.75, 3.05) is 32.1 Å². The molecule has 0 saturated carbocycles. The van der Waals surface area contributed by atoms with E-state index in [1.54, 1.807) is 19.0 Å². The number of hydrogen-bond acceptors (Lipinski definition) is 3. The van der Waals surface area contributed by atoms with Crippen molar-refractivity contribution in [2.45, 2.75) is 31.7 Å². The van der Waals surface area contributed by atoms with Gasteiger partial charge in [0.25, 0.3) is 0 Å². The quantitative estimate of drug-likeness (QED) is 0.908. The second-order valence-electron chi connectivity index (χ2n) is 5.66. The van der Waals surface area contributed by atoms with Crippen LogP contribution in [0.3, 0.4) is 0 Å². The number of rotatable bonds is 4. The van der Waals surface area contributed by atoms with Gasteiger partial charge in [0.15, 0.2) is 0 Å². The van der Waals surface area contributed by atoms with Crippen LogP contribution < -0.4 is 10.6 Å². The highest BCUT2D eigenvalue weighted by atomic mass is 16.2. The molecule has 1 aliphatic heterocycles. The van der Waals surface area contributed by atoms with E-state index in [9.17, 15) is 4.79 Å². The molecule has 1 amide bonds. The summed E-state index contributed by atoms with van der Waals surface area (Å²) in [6.45, 7) is 1.49. The third-order valence-corrected chi connectivity index (χ3v) is 4.02. The van der Waals surface area contributed by atoms with Crippen molar-refractivity contribution in [3.8, 4) is 0 Å². The molecule has 4 nitrogen and oxygen atoms in total. The SMILES string of the molecule is CN(C)C(=O)CC(CN)N1CCCCc2ccccc21. The van der Waals surface area contributed by atoms with Gasteiger partial charge in [-0.25, -0.2) is 0 Å². The summed E-state index contributed by atoms with van der Waals surface area (Å²) in [5, 5.41) is 0. The molecule has 0 fully saturated rings. The van der Waals surface area contributed by atoms with Gasteiger partial charge < -0.3 is 15.5 Å². The second-order valence-corrected chi connectivity index (χ2v) is 5.66. The standard InChI is InChI=1S/C16H25N3O/c1-18(2)16(20)11-14(12-17)19-10-6-5-8-13-7-3-4-9-15(13)19/h3-4,7,9,14H,5-6,8,10-12,17H2,1-2H3. The van der Waals surface area contributed by atoms with Gasteiger partial charge in [-0.3, -0.25) is 4.79 Å². The fraction of sp³-hybridized carbons (Fsp3) is 0.562. The van der Waals surface area contributed by atoms with E-state index in [0.29, 0.717) is 13.0 Å². The first-order valence-electron chi connectivity index (χ1n) is 7.38. The van der Waals surface area contributed by atoms with Crippen LogP contribution in [0.4, 0.5) is 5.69 Å². The predicted molar refractivity (Wildman–Crippen MR) is 82.9 cm³/mol. The lowest BCUT2D eigenvalue weighted by molar-refractivity contribution is -0.129. The fourth-order valence-electron chi connectivity index (χ4n) is 2.80. The first-order valence-corrected chi connectivity index (χ1v) is 7.38. The Morgan fingerprint density at radius 3 is 2.80 bits per heavy atom. The van der Waals surface area contributed by atoms with Crippen molar-refractivity contribution in [3.05, 3.63) is 29.8 Å². The van der Waals surface area contributed by atoms with E-state index in [4.69, 9.17) is 5.73 Å². The number of fused-ring (bicyclic) bond motifs is 1. The van der Waals surface area contributed by atoms with Crippen molar-refractivity contribution in [2.24, 2.45) is 5.73 Å². The van der Waals surface area contributed by atoms with Gasteiger partial charge in [0, 0.05) is 45.3 Å². The van der Waals surface area contributed by atoms with Gasteiger partial charge >= 0.3 is 0 Å². The third-order valence-electron chi connectivity index (χ3n) is 4.02. The first kappa shape index (κ1) is 14.9. The molecule has 1 aromatic carbocycles. The summed E-state index contributed by atoms with van der Waals surface area (Å²) < 4.78 is 0. The van der Waals surface area contributed by atoms with Gasteiger partial charge in [-0.05, 0) is 30.9 Å². The summed E-state index contributed by atoms with van der Waals surface area (Å²) in [7, 11) is 3.60. The summed E-state index contributed by atoms with van der Waals surface area (Å²) in [6, 6.07) is 8.59. The number of para-hydroxylation sites is 1. The van der Waals surface area contributed by atoms with E-state index < -0.39 is 0 Å². The minimum absolute atomic E-state index is 0.0872. The molecule has 2 N–H and O–H groups in total. The second kappa shape index (κ2) is 6.75. The summed E-state index contributed by atoms with van der Waals surface area (Å²) >= 11 is 0. The molecule has 20 heavy (non-hydrogen) atoms. The maximum atomic E-state index is 12.0. The zero-order valence-electron chi connectivity index (χ0n) is 12.5. The van der Waals surface area contributed by atoms with Crippen molar-refractivity contribution in [1.29, 1.82) is 0 Å². The topological polar surface area (TPSA) is 49.6 Å². The molecule has 0 aromatic heterocycles. The molecule has 110 valence electrons. The average Bonchev–Trinajstić information content (AvgIpc) is 2.66. The van der Waals surface area contributed by atoms with Crippen LogP contribution in [0.2, 0.25) is 0 Å². The van der Waals surface area contributed by atoms with Crippen LogP contribution in [0.25, 0.3) is 0 Å². The van der Waals surface area contributed by atoms with Gasteiger partial charge in [-0.2, -0.15) is 0 Å². The molecule has 1 aliphatic rings. The third kappa shape index (κ3) is 3.31. The van der Waals surface area contributed by atoms with Crippen molar-refractivity contribution in [3.63, 3.8) is 0 Å². The van der Waals surface area contributed by atoms with Gasteiger partial charge in [0.05, 0.1) is 0 Å². The minimum atomic E-state index is 0.0872. The number of anilines is 1. The van der Waals surface area contributed by atoms with Crippen LogP contribution >= 0.6 is 0 Å². The zero-order chi connectivity index (χ0) is 14.5. The van der Waals surface area contributed by atoms with Crippen LogP contribution in [-0.4, -0.2) is 44.0 Å². The van der Waals surface area contributed by atoms with Crippen LogP contribution in [-0.2, 0) is 11.2 Å². The van der Waals surface area contributed by atoms with Crippen molar-refractivity contribution >= 4 is 11.6 Å². The van der Waals surface area contributed by atoms with Gasteiger partial charge in [0.2, 0.25) is 5.91 Å². The Labute approximate surface area is 121 Å². The van der Waals surface area contributed by atoms with E-state index >= 15 is 0 Å². The van der Waals surface area contributed by atoms with E-state index in [2.05, 4.69) is 29.2 Å². The van der Waals surface area contributed by atoms with Crippen molar-refractivity contribution < 1.29 is 4.79 Å². The van der Waals surface area contributed by atoms with Crippen LogP contribution in [0.15, 0.2) is 24.3 Å². The fourth-order valence-corrected chi connectivity index (χ4v) is 2.80. The number of nitrogens with zero attached hydrogens (tertiary/aromatic N) is 2. The molecule has 0 aliphatic carbocycles. The molecular weight excluding hydrogens is 250 g/mol. The summed E-state index contributed by atoms with van der Waals surface area (Å²) in [6.07, 6.45) is 3.96. The first-order chi connectivity index (χ1) is 9.63. The van der Waals surface area contributed by atoms with E-state index in [1.165, 1.54) is 17.7 Å². The monoisotopic (exact) mass is 275 g/mol. The molecule has 4 heteroatoms. The zero-order valence-corrected chi connectivity index (χ0v) is 12.5. The Kier molecular flexibility index (Phi) is 5.01. The predicted octanol–water partition coefficient (Wildman–Crippen LogP) is 1.63. The van der Waals surface area contributed by atoms with E-state index in [1.807, 2.05) is 0 Å². The van der Waals surface area contributed by atoms with Crippen LogP contribution in [0.1, 0.15) is 24.8 Å². The number of carbonyl (C=O) groups is 1. The number of nitrogens with two attached hydrogens (primary N) is 1. The Hall–Kier alpha value is -1.55. The molecule has 1 aromatic rings. The Bertz CT molecular complexity index is 459. The highest BCUT2D eigenvalue weighted by Crippen LogP contribution is 2.28. The molecule has 1 unspecified atom stereocenters. The smallest absolute Gasteiger partial charge is 0.224 e. The van der Waals surface area contributed by atoms with Gasteiger partial charge in [0.1, 0.15) is 0 Å². The largest absolute Gasteiger partial charge is 0.367 e. The Balaban J connectivity index is 2.22. The van der Waals surface area contributed by atoms with Gasteiger partial charge in [-0.15, -0.1) is 0 Å². The Morgan fingerprint density at radius 2 is 2.10 bits per heavy atom. The molecule has 0 saturated heterocycles. The lowest BCUT2D eigenvalue weighted by atomic mass is 10.1. The highest BCUT2D eigenvalue weighted by molar-refractivity contribution is 5.77. The molecule has 1 heterocycles. The summed E-state index contributed by atoms with van der Waals surface area (Å²) in [4.78, 5) is 16.0. The van der Waals surface area contributed by atoms with Gasteiger partial charge in [-0.1, -0.05) is 18.2 Å². The van der Waals surface area contributed by atoms with E-state index in [0.717, 1.165) is 19.4 Å². The molecule has 0 spiro atoms.